The molecular formula is C24H34O3. The lowest BCUT2D eigenvalue weighted by molar-refractivity contribution is -0.131. The minimum Gasteiger partial charge on any atom is -0.478 e. The molecule has 0 spiro atoms. The van der Waals surface area contributed by atoms with Crippen LogP contribution < -0.4 is 0 Å². The number of carboxylic acids is 1. The zero-order valence-electron chi connectivity index (χ0n) is 17.0. The number of aliphatic carboxylic acids is 1. The Morgan fingerprint density at radius 3 is 2.67 bits per heavy atom. The van der Waals surface area contributed by atoms with E-state index in [0.717, 1.165) is 37.0 Å². The molecule has 0 bridgehead atoms. The smallest absolute Gasteiger partial charge is 0.327 e. The molecule has 4 aliphatic carbocycles. The van der Waals surface area contributed by atoms with Crippen LogP contribution in [0, 0.1) is 40.4 Å². The zero-order chi connectivity index (χ0) is 19.4. The van der Waals surface area contributed by atoms with E-state index in [9.17, 15) is 9.59 Å². The van der Waals surface area contributed by atoms with Crippen LogP contribution in [0.5, 0.6) is 0 Å². The van der Waals surface area contributed by atoms with Gasteiger partial charge in [-0.15, -0.1) is 0 Å². The second kappa shape index (κ2) is 6.60. The van der Waals surface area contributed by atoms with Crippen LogP contribution >= 0.6 is 0 Å². The van der Waals surface area contributed by atoms with E-state index in [-0.39, 0.29) is 5.41 Å². The van der Waals surface area contributed by atoms with Crippen LogP contribution in [0.3, 0.4) is 0 Å². The lowest BCUT2D eigenvalue weighted by Gasteiger charge is -2.58. The highest BCUT2D eigenvalue weighted by molar-refractivity contribution is 5.91. The fourth-order valence-electron chi connectivity index (χ4n) is 7.83. The van der Waals surface area contributed by atoms with Crippen molar-refractivity contribution < 1.29 is 14.7 Å². The van der Waals surface area contributed by atoms with Crippen LogP contribution in [0.25, 0.3) is 0 Å². The number of allylic oxidation sites excluding steroid dienone is 2. The van der Waals surface area contributed by atoms with Gasteiger partial charge in [0, 0.05) is 12.5 Å². The van der Waals surface area contributed by atoms with E-state index in [0.29, 0.717) is 23.0 Å². The molecule has 3 fully saturated rings. The molecule has 0 aromatic carbocycles. The SMILES string of the molecule is C[C@H](C=CC(=O)O)[C@H]1CC[C@H]2[C@@H]3CCC4=CC(=O)CC[C@]4(C)[C@H]3CC[C@]12C. The van der Waals surface area contributed by atoms with Gasteiger partial charge in [-0.2, -0.15) is 0 Å². The molecule has 4 rings (SSSR count). The lowest BCUT2D eigenvalue weighted by atomic mass is 9.46. The Morgan fingerprint density at radius 2 is 1.93 bits per heavy atom. The lowest BCUT2D eigenvalue weighted by Crippen LogP contribution is -2.50. The normalized spacial score (nSPS) is 45.0. The Labute approximate surface area is 163 Å². The van der Waals surface area contributed by atoms with Crippen molar-refractivity contribution in [3.63, 3.8) is 0 Å². The van der Waals surface area contributed by atoms with Crippen molar-refractivity contribution in [3.05, 3.63) is 23.8 Å². The second-order valence-corrected chi connectivity index (χ2v) is 10.3. The maximum Gasteiger partial charge on any atom is 0.327 e. The fourth-order valence-corrected chi connectivity index (χ4v) is 7.83. The number of ketones is 1. The Morgan fingerprint density at radius 1 is 1.15 bits per heavy atom. The molecule has 0 unspecified atom stereocenters. The van der Waals surface area contributed by atoms with Gasteiger partial charge in [0.25, 0.3) is 0 Å². The van der Waals surface area contributed by atoms with E-state index in [1.54, 1.807) is 0 Å². The van der Waals surface area contributed by atoms with Crippen LogP contribution in [-0.2, 0) is 9.59 Å². The summed E-state index contributed by atoms with van der Waals surface area (Å²) in [6.07, 6.45) is 14.4. The van der Waals surface area contributed by atoms with Crippen LogP contribution in [0.4, 0.5) is 0 Å². The first kappa shape index (κ1) is 19.0. The number of hydrogen-bond donors (Lipinski definition) is 1. The monoisotopic (exact) mass is 370 g/mol. The minimum atomic E-state index is -0.836. The quantitative estimate of drug-likeness (QED) is 0.676. The van der Waals surface area contributed by atoms with Gasteiger partial charge in [-0.05, 0) is 91.4 Å². The highest BCUT2D eigenvalue weighted by atomic mass is 16.4. The molecule has 27 heavy (non-hydrogen) atoms. The van der Waals surface area contributed by atoms with Crippen molar-refractivity contribution >= 4 is 11.8 Å². The first-order valence-corrected chi connectivity index (χ1v) is 10.9. The molecule has 148 valence electrons. The van der Waals surface area contributed by atoms with E-state index in [4.69, 9.17) is 5.11 Å². The highest BCUT2D eigenvalue weighted by Gasteiger charge is 2.59. The number of carbonyl (C=O) groups excluding carboxylic acids is 1. The van der Waals surface area contributed by atoms with Gasteiger partial charge in [0.15, 0.2) is 5.78 Å². The first-order valence-electron chi connectivity index (χ1n) is 10.9. The van der Waals surface area contributed by atoms with E-state index < -0.39 is 5.97 Å². The Hall–Kier alpha value is -1.38. The van der Waals surface area contributed by atoms with Crippen LogP contribution in [0.15, 0.2) is 23.8 Å². The number of carboxylic acid groups (broad SMARTS) is 1. The molecule has 0 saturated heterocycles. The van der Waals surface area contributed by atoms with Gasteiger partial charge in [0.05, 0.1) is 0 Å². The summed E-state index contributed by atoms with van der Waals surface area (Å²) in [5.74, 6) is 2.69. The Kier molecular flexibility index (Phi) is 4.63. The summed E-state index contributed by atoms with van der Waals surface area (Å²) in [6, 6.07) is 0. The summed E-state index contributed by atoms with van der Waals surface area (Å²) in [7, 11) is 0. The average molecular weight is 371 g/mol. The highest BCUT2D eigenvalue weighted by Crippen LogP contribution is 2.67. The van der Waals surface area contributed by atoms with Crippen LogP contribution in [0.1, 0.15) is 72.1 Å². The van der Waals surface area contributed by atoms with Crippen molar-refractivity contribution in [2.45, 2.75) is 72.1 Å². The maximum atomic E-state index is 12.0. The van der Waals surface area contributed by atoms with Crippen molar-refractivity contribution in [1.82, 2.24) is 0 Å². The third-order valence-electron chi connectivity index (χ3n) is 9.21. The van der Waals surface area contributed by atoms with E-state index in [2.05, 4.69) is 20.8 Å². The van der Waals surface area contributed by atoms with Crippen LogP contribution in [-0.4, -0.2) is 16.9 Å². The van der Waals surface area contributed by atoms with E-state index >= 15 is 0 Å². The van der Waals surface area contributed by atoms with Gasteiger partial charge >= 0.3 is 5.97 Å². The molecule has 3 heteroatoms. The number of hydrogen-bond acceptors (Lipinski definition) is 2. The molecule has 1 N–H and O–H groups in total. The van der Waals surface area contributed by atoms with Gasteiger partial charge in [0.1, 0.15) is 0 Å². The van der Waals surface area contributed by atoms with Gasteiger partial charge in [-0.1, -0.05) is 32.4 Å². The standard InChI is InChI=1S/C24H34O3/c1-15(4-9-22(26)27)19-7-8-20-18-6-5-16-14-17(25)10-12-23(16,2)21(18)11-13-24(19,20)3/h4,9,14-15,18-21H,5-8,10-13H2,1-3H3,(H,26,27)/t15-,18+,19-,20+,21+,23+,24-/m1/s1. The molecule has 7 atom stereocenters. The van der Waals surface area contributed by atoms with Crippen molar-refractivity contribution in [2.75, 3.05) is 0 Å². The van der Waals surface area contributed by atoms with Gasteiger partial charge < -0.3 is 5.11 Å². The predicted molar refractivity (Wildman–Crippen MR) is 106 cm³/mol. The first-order chi connectivity index (χ1) is 12.8. The summed E-state index contributed by atoms with van der Waals surface area (Å²) < 4.78 is 0. The molecule has 0 aromatic rings. The largest absolute Gasteiger partial charge is 0.478 e. The second-order valence-electron chi connectivity index (χ2n) is 10.3. The summed E-state index contributed by atoms with van der Waals surface area (Å²) in [4.78, 5) is 22.9. The molecule has 3 saturated carbocycles. The van der Waals surface area contributed by atoms with Crippen molar-refractivity contribution in [1.29, 1.82) is 0 Å². The molecule has 4 aliphatic rings. The molecule has 0 radical (unpaired) electrons. The molecular weight excluding hydrogens is 336 g/mol. The van der Waals surface area contributed by atoms with E-state index in [1.165, 1.54) is 43.8 Å². The molecule has 0 aromatic heterocycles. The summed E-state index contributed by atoms with van der Waals surface area (Å²) in [5.41, 5.74) is 2.02. The van der Waals surface area contributed by atoms with Gasteiger partial charge in [-0.3, -0.25) is 4.79 Å². The number of fused-ring (bicyclic) bond motifs is 5. The third kappa shape index (κ3) is 2.93. The number of rotatable bonds is 3. The predicted octanol–water partition coefficient (Wildman–Crippen LogP) is 5.41. The topological polar surface area (TPSA) is 54.4 Å². The molecule has 0 aliphatic heterocycles. The van der Waals surface area contributed by atoms with Crippen molar-refractivity contribution in [2.24, 2.45) is 40.4 Å². The van der Waals surface area contributed by atoms with Crippen LogP contribution in [0.2, 0.25) is 0 Å². The van der Waals surface area contributed by atoms with Crippen molar-refractivity contribution in [3.8, 4) is 0 Å². The molecule has 3 nitrogen and oxygen atoms in total. The summed E-state index contributed by atoms with van der Waals surface area (Å²) >= 11 is 0. The maximum absolute atomic E-state index is 12.0. The Bertz CT molecular complexity index is 704. The molecule has 0 heterocycles. The molecule has 0 amide bonds. The zero-order valence-corrected chi connectivity index (χ0v) is 17.0. The number of carbonyl (C=O) groups is 2. The Balaban J connectivity index is 1.58. The average Bonchev–Trinajstić information content (AvgIpc) is 2.97. The van der Waals surface area contributed by atoms with Gasteiger partial charge in [-0.25, -0.2) is 4.79 Å². The van der Waals surface area contributed by atoms with Gasteiger partial charge in [0.2, 0.25) is 0 Å². The summed E-state index contributed by atoms with van der Waals surface area (Å²) in [5, 5.41) is 9.00. The minimum absolute atomic E-state index is 0.241. The summed E-state index contributed by atoms with van der Waals surface area (Å²) in [6.45, 7) is 7.14. The third-order valence-corrected chi connectivity index (χ3v) is 9.21. The van der Waals surface area contributed by atoms with E-state index in [1.807, 2.05) is 12.2 Å². The fraction of sp³-hybridized carbons (Fsp3) is 0.750.